The molecular formula is C16H18N2S. The second-order valence-corrected chi connectivity index (χ2v) is 5.97. The van der Waals surface area contributed by atoms with Gasteiger partial charge in [0.1, 0.15) is 0 Å². The van der Waals surface area contributed by atoms with Crippen molar-refractivity contribution in [3.05, 3.63) is 41.8 Å². The average molecular weight is 270 g/mol. The summed E-state index contributed by atoms with van der Waals surface area (Å²) >= 11 is 1.63. The molecular weight excluding hydrogens is 252 g/mol. The van der Waals surface area contributed by atoms with Crippen LogP contribution >= 0.6 is 11.3 Å². The number of nitrogens with zero attached hydrogens (tertiary/aromatic N) is 1. The van der Waals surface area contributed by atoms with E-state index in [9.17, 15) is 0 Å². The first kappa shape index (κ1) is 12.4. The van der Waals surface area contributed by atoms with Crippen LogP contribution in [0.4, 0.5) is 5.13 Å². The molecule has 0 aliphatic heterocycles. The monoisotopic (exact) mass is 270 g/mol. The zero-order valence-corrected chi connectivity index (χ0v) is 12.0. The Labute approximate surface area is 118 Å². The average Bonchev–Trinajstić information content (AvgIpc) is 3.12. The number of benzene rings is 1. The summed E-state index contributed by atoms with van der Waals surface area (Å²) < 4.78 is 0. The van der Waals surface area contributed by atoms with Crippen molar-refractivity contribution in [1.29, 1.82) is 0 Å². The number of rotatable bonds is 5. The molecule has 0 saturated heterocycles. The van der Waals surface area contributed by atoms with Gasteiger partial charge in [-0.25, -0.2) is 4.98 Å². The van der Waals surface area contributed by atoms with E-state index in [1.807, 2.05) is 7.05 Å². The number of aromatic nitrogens is 1. The Morgan fingerprint density at radius 2 is 2.11 bits per heavy atom. The summed E-state index contributed by atoms with van der Waals surface area (Å²) in [6, 6.07) is 8.61. The van der Waals surface area contributed by atoms with Gasteiger partial charge in [-0.05, 0) is 36.3 Å². The Kier molecular flexibility index (Phi) is 3.38. The van der Waals surface area contributed by atoms with Crippen molar-refractivity contribution in [2.45, 2.75) is 19.3 Å². The molecule has 3 rings (SSSR count). The van der Waals surface area contributed by atoms with Crippen LogP contribution in [0.3, 0.4) is 0 Å². The molecule has 0 spiro atoms. The topological polar surface area (TPSA) is 24.9 Å². The SMILES string of the molecule is C=C(CC1CC1)c1ccc(-c2csc(NC)n2)cc1. The molecule has 1 aromatic carbocycles. The van der Waals surface area contributed by atoms with Gasteiger partial charge in [-0.15, -0.1) is 11.3 Å². The molecule has 0 atom stereocenters. The van der Waals surface area contributed by atoms with Gasteiger partial charge >= 0.3 is 0 Å². The fourth-order valence-electron chi connectivity index (χ4n) is 2.19. The molecule has 1 fully saturated rings. The molecule has 0 unspecified atom stereocenters. The van der Waals surface area contributed by atoms with Gasteiger partial charge in [0.25, 0.3) is 0 Å². The second-order valence-electron chi connectivity index (χ2n) is 5.12. The van der Waals surface area contributed by atoms with Crippen LogP contribution in [0.5, 0.6) is 0 Å². The second kappa shape index (κ2) is 5.17. The van der Waals surface area contributed by atoms with Crippen molar-refractivity contribution < 1.29 is 0 Å². The van der Waals surface area contributed by atoms with Gasteiger partial charge in [0.2, 0.25) is 0 Å². The maximum absolute atomic E-state index is 4.52. The van der Waals surface area contributed by atoms with E-state index in [0.717, 1.165) is 23.2 Å². The van der Waals surface area contributed by atoms with E-state index in [0.29, 0.717) is 0 Å². The summed E-state index contributed by atoms with van der Waals surface area (Å²) in [5.41, 5.74) is 4.73. The summed E-state index contributed by atoms with van der Waals surface area (Å²) in [6.07, 6.45) is 3.91. The summed E-state index contributed by atoms with van der Waals surface area (Å²) in [5, 5.41) is 6.11. The number of anilines is 1. The Bertz CT molecular complexity index is 579. The van der Waals surface area contributed by atoms with Crippen LogP contribution in [0.1, 0.15) is 24.8 Å². The van der Waals surface area contributed by atoms with Crippen LogP contribution in [0.25, 0.3) is 16.8 Å². The van der Waals surface area contributed by atoms with Crippen molar-refractivity contribution in [3.8, 4) is 11.3 Å². The molecule has 1 N–H and O–H groups in total. The molecule has 0 bridgehead atoms. The molecule has 19 heavy (non-hydrogen) atoms. The third-order valence-electron chi connectivity index (χ3n) is 3.54. The predicted molar refractivity (Wildman–Crippen MR) is 83.5 cm³/mol. The number of hydrogen-bond acceptors (Lipinski definition) is 3. The van der Waals surface area contributed by atoms with Crippen molar-refractivity contribution >= 4 is 22.0 Å². The minimum absolute atomic E-state index is 0.893. The molecule has 2 nitrogen and oxygen atoms in total. The highest BCUT2D eigenvalue weighted by Crippen LogP contribution is 2.37. The van der Waals surface area contributed by atoms with E-state index in [1.165, 1.54) is 29.5 Å². The van der Waals surface area contributed by atoms with Crippen molar-refractivity contribution in [2.75, 3.05) is 12.4 Å². The van der Waals surface area contributed by atoms with E-state index in [1.54, 1.807) is 11.3 Å². The highest BCUT2D eigenvalue weighted by Gasteiger charge is 2.22. The fourth-order valence-corrected chi connectivity index (χ4v) is 2.87. The standard InChI is InChI=1S/C16H18N2S/c1-11(9-12-3-4-12)13-5-7-14(8-6-13)15-10-19-16(17-2)18-15/h5-8,10,12H,1,3-4,9H2,2H3,(H,17,18). The molecule has 1 aromatic heterocycles. The Hall–Kier alpha value is -1.61. The van der Waals surface area contributed by atoms with Crippen molar-refractivity contribution in [2.24, 2.45) is 5.92 Å². The predicted octanol–water partition coefficient (Wildman–Crippen LogP) is 4.67. The van der Waals surface area contributed by atoms with E-state index in [-0.39, 0.29) is 0 Å². The van der Waals surface area contributed by atoms with Gasteiger partial charge in [0.15, 0.2) is 5.13 Å². The third kappa shape index (κ3) is 2.87. The van der Waals surface area contributed by atoms with E-state index in [4.69, 9.17) is 0 Å². The first-order chi connectivity index (χ1) is 9.26. The Balaban J connectivity index is 1.75. The summed E-state index contributed by atoms with van der Waals surface area (Å²) in [6.45, 7) is 4.20. The minimum atomic E-state index is 0.893. The first-order valence-electron chi connectivity index (χ1n) is 6.68. The van der Waals surface area contributed by atoms with E-state index >= 15 is 0 Å². The lowest BCUT2D eigenvalue weighted by Gasteiger charge is -2.05. The molecule has 1 aliphatic carbocycles. The first-order valence-corrected chi connectivity index (χ1v) is 7.56. The molecule has 1 saturated carbocycles. The zero-order valence-electron chi connectivity index (χ0n) is 11.1. The summed E-state index contributed by atoms with van der Waals surface area (Å²) in [5.74, 6) is 0.893. The van der Waals surface area contributed by atoms with E-state index < -0.39 is 0 Å². The lowest BCUT2D eigenvalue weighted by atomic mass is 10.0. The molecule has 2 aromatic rings. The number of allylic oxidation sites excluding steroid dienone is 1. The van der Waals surface area contributed by atoms with Crippen LogP contribution in [0.15, 0.2) is 36.2 Å². The third-order valence-corrected chi connectivity index (χ3v) is 4.40. The minimum Gasteiger partial charge on any atom is -0.365 e. The lowest BCUT2D eigenvalue weighted by Crippen LogP contribution is -1.87. The Morgan fingerprint density at radius 3 is 2.68 bits per heavy atom. The zero-order chi connectivity index (χ0) is 13.2. The van der Waals surface area contributed by atoms with Crippen LogP contribution in [0.2, 0.25) is 0 Å². The number of hydrogen-bond donors (Lipinski definition) is 1. The quantitative estimate of drug-likeness (QED) is 0.854. The fraction of sp³-hybridized carbons (Fsp3) is 0.312. The van der Waals surface area contributed by atoms with Gasteiger partial charge in [-0.1, -0.05) is 30.8 Å². The van der Waals surface area contributed by atoms with Gasteiger partial charge in [0, 0.05) is 18.0 Å². The van der Waals surface area contributed by atoms with Gasteiger partial charge in [-0.3, -0.25) is 0 Å². The normalized spacial score (nSPS) is 14.4. The van der Waals surface area contributed by atoms with Crippen LogP contribution in [-0.2, 0) is 0 Å². The van der Waals surface area contributed by atoms with E-state index in [2.05, 4.69) is 46.5 Å². The summed E-state index contributed by atoms with van der Waals surface area (Å²) in [7, 11) is 1.90. The summed E-state index contributed by atoms with van der Waals surface area (Å²) in [4.78, 5) is 4.52. The highest BCUT2D eigenvalue weighted by atomic mass is 32.1. The molecule has 1 heterocycles. The molecule has 0 radical (unpaired) electrons. The van der Waals surface area contributed by atoms with Crippen LogP contribution in [0, 0.1) is 5.92 Å². The van der Waals surface area contributed by atoms with Gasteiger partial charge < -0.3 is 5.32 Å². The van der Waals surface area contributed by atoms with Crippen LogP contribution < -0.4 is 5.32 Å². The van der Waals surface area contributed by atoms with Gasteiger partial charge in [0.05, 0.1) is 5.69 Å². The maximum Gasteiger partial charge on any atom is 0.182 e. The maximum atomic E-state index is 4.52. The molecule has 3 heteroatoms. The van der Waals surface area contributed by atoms with Crippen molar-refractivity contribution in [3.63, 3.8) is 0 Å². The van der Waals surface area contributed by atoms with Crippen molar-refractivity contribution in [1.82, 2.24) is 4.98 Å². The van der Waals surface area contributed by atoms with Crippen LogP contribution in [-0.4, -0.2) is 12.0 Å². The smallest absolute Gasteiger partial charge is 0.182 e. The molecule has 1 aliphatic rings. The highest BCUT2D eigenvalue weighted by molar-refractivity contribution is 7.14. The largest absolute Gasteiger partial charge is 0.365 e. The number of nitrogens with one attached hydrogen (secondary N) is 1. The Morgan fingerprint density at radius 1 is 1.37 bits per heavy atom. The molecule has 98 valence electrons. The molecule has 0 amide bonds. The number of thiazole rings is 1. The van der Waals surface area contributed by atoms with Gasteiger partial charge in [-0.2, -0.15) is 0 Å². The lowest BCUT2D eigenvalue weighted by molar-refractivity contribution is 0.878.